The van der Waals surface area contributed by atoms with Crippen molar-refractivity contribution in [1.82, 2.24) is 0 Å². The maximum Gasteiger partial charge on any atom is 0.472 e. The van der Waals surface area contributed by atoms with Gasteiger partial charge in [-0.3, -0.25) is 32.5 Å². The van der Waals surface area contributed by atoms with Crippen LogP contribution in [0.4, 0.5) is 0 Å². The van der Waals surface area contributed by atoms with E-state index in [2.05, 4.69) is 142 Å². The number of phosphoric acid groups is 2. The fourth-order valence-corrected chi connectivity index (χ4v) is 15.0. The summed E-state index contributed by atoms with van der Waals surface area (Å²) in [5.74, 6) is -1.55. The number of esters is 3. The fourth-order valence-electron chi connectivity index (χ4n) is 13.4. The molecule has 117 heavy (non-hydrogen) atoms. The summed E-state index contributed by atoms with van der Waals surface area (Å²) >= 11 is 0. The van der Waals surface area contributed by atoms with Crippen LogP contribution in [0.25, 0.3) is 0 Å². The van der Waals surface area contributed by atoms with Gasteiger partial charge in [-0.05, 0) is 116 Å². The lowest BCUT2D eigenvalue weighted by Gasteiger charge is -2.21. The third-order valence-electron chi connectivity index (χ3n) is 20.7. The molecule has 0 rings (SSSR count). The maximum absolute atomic E-state index is 13.0. The first-order valence-electron chi connectivity index (χ1n) is 47.8. The number of phosphoric ester groups is 2. The summed E-state index contributed by atoms with van der Waals surface area (Å²) in [6.45, 7) is 2.63. The van der Waals surface area contributed by atoms with Gasteiger partial charge in [0.05, 0.1) is 26.4 Å². The summed E-state index contributed by atoms with van der Waals surface area (Å²) in [7, 11) is -9.79. The number of rotatable bonds is 91. The first-order chi connectivity index (χ1) is 57.2. The van der Waals surface area contributed by atoms with E-state index in [1.54, 1.807) is 0 Å². The highest BCUT2D eigenvalue weighted by Gasteiger charge is 2.30. The molecule has 0 radical (unpaired) electrons. The van der Waals surface area contributed by atoms with Gasteiger partial charge in [-0.2, -0.15) is 0 Å². The minimum atomic E-state index is -4.93. The molecule has 0 spiro atoms. The van der Waals surface area contributed by atoms with Crippen LogP contribution in [0.1, 0.15) is 432 Å². The van der Waals surface area contributed by atoms with Crippen LogP contribution in [0.3, 0.4) is 0 Å². The van der Waals surface area contributed by atoms with Crippen LogP contribution in [0, 0.1) is 0 Å². The zero-order chi connectivity index (χ0) is 85.1. The molecule has 0 aliphatic rings. The molecule has 5 unspecified atom stereocenters. The summed E-state index contributed by atoms with van der Waals surface area (Å²) in [6, 6.07) is 0. The molecule has 0 saturated heterocycles. The molecule has 0 aromatic heterocycles. The highest BCUT2D eigenvalue weighted by Crippen LogP contribution is 2.45. The Bertz CT molecular complexity index is 2610. The number of allylic oxidation sites excluding steroid dienone is 20. The van der Waals surface area contributed by atoms with Gasteiger partial charge in [0.15, 0.2) is 6.10 Å². The van der Waals surface area contributed by atoms with E-state index < -0.39 is 91.5 Å². The molecule has 0 aliphatic heterocycles. The molecular weight excluding hydrogens is 1510 g/mol. The molecule has 0 saturated carbocycles. The first kappa shape index (κ1) is 113. The van der Waals surface area contributed by atoms with Crippen molar-refractivity contribution in [3.63, 3.8) is 0 Å². The van der Waals surface area contributed by atoms with E-state index in [4.69, 9.17) is 32.3 Å². The summed E-state index contributed by atoms with van der Waals surface area (Å²) in [5, 5.41) is 20.7. The lowest BCUT2D eigenvalue weighted by Crippen LogP contribution is -2.30. The summed E-state index contributed by atoms with van der Waals surface area (Å²) in [6.07, 6.45) is 113. The molecule has 0 bridgehead atoms. The number of hydrogen-bond donors (Lipinski definition) is 4. The second-order valence-electron chi connectivity index (χ2n) is 32.1. The Morgan fingerprint density at radius 2 is 0.453 bits per heavy atom. The molecule has 0 amide bonds. The van der Waals surface area contributed by atoms with Crippen molar-refractivity contribution < 1.29 is 75.8 Å². The number of ether oxygens (including phenoxy) is 3. The topological polar surface area (TPSA) is 231 Å². The summed E-state index contributed by atoms with van der Waals surface area (Å²) in [5.41, 5.74) is 0. The Morgan fingerprint density at radius 3 is 0.735 bits per heavy atom. The number of carbonyl (C=O) groups is 3. The van der Waals surface area contributed by atoms with Gasteiger partial charge in [0.25, 0.3) is 0 Å². The highest BCUT2D eigenvalue weighted by molar-refractivity contribution is 7.47. The average molecular weight is 1680 g/mol. The minimum absolute atomic E-state index is 0.110. The Labute approximate surface area is 716 Å². The standard InChI is InChI=1S/C99H176O16P2/c1-4-7-10-13-16-19-22-25-28-30-32-34-36-38-40-42-44-45-46-47-49-51-52-54-56-58-60-62-65-67-70-73-76-79-82-85-97(102)109-88-94(100)89-111-116(105,106)112-90-95(101)91-113-117(107,108)114-93-96(115-99(104)87-84-81-78-75-72-69-64-27-24-21-18-15-12-9-6-3)92-110-98(103)86-83-80-77-74-71-68-66-63-61-59-57-55-53-50-48-43-41-39-37-35-33-31-29-26-23-20-17-14-11-8-5-2/h7,10,16-17,19-20,25-26,28-29,32-35,38-41,44-45,94-96,100-101H,4-6,8-9,11-15,18,21-24,27,30-31,36-37,42-43,46-93H2,1-3H3,(H,105,106)(H,107,108)/b10-7-,19-16-,20-17-,28-25-,29-26-,34-32-,35-33-,40-38-,41-39-,45-44-. The summed E-state index contributed by atoms with van der Waals surface area (Å²) < 4.78 is 61.5. The van der Waals surface area contributed by atoms with Crippen molar-refractivity contribution in [3.8, 4) is 0 Å². The van der Waals surface area contributed by atoms with Crippen molar-refractivity contribution in [2.45, 2.75) is 450 Å². The SMILES string of the molecule is CC/C=C\C/C=C\C/C=C\C/C=C\C/C=C\C/C=C\CCCCCCCCCCCCCCCCCCC(=O)OCC(O)COP(=O)(O)OCC(O)COP(=O)(O)OCC(COC(=O)CCCCCCCCCCCCCCCCC/C=C\C/C=C\C/C=C\C/C=C\CCCCC)OC(=O)CCCCCCCCCCCCCCCCC. The van der Waals surface area contributed by atoms with E-state index in [0.717, 1.165) is 122 Å². The fraction of sp³-hybridized carbons (Fsp3) is 0.768. The van der Waals surface area contributed by atoms with E-state index in [9.17, 15) is 43.5 Å². The van der Waals surface area contributed by atoms with Crippen LogP contribution in [-0.4, -0.2) is 95.9 Å². The smallest absolute Gasteiger partial charge is 0.463 e. The monoisotopic (exact) mass is 1680 g/mol. The van der Waals surface area contributed by atoms with E-state index in [0.29, 0.717) is 19.3 Å². The van der Waals surface area contributed by atoms with Crippen LogP contribution >= 0.6 is 15.6 Å². The predicted molar refractivity (Wildman–Crippen MR) is 491 cm³/mol. The molecule has 18 heteroatoms. The van der Waals surface area contributed by atoms with Gasteiger partial charge in [0.1, 0.15) is 25.4 Å². The molecule has 0 heterocycles. The Morgan fingerprint density at radius 1 is 0.248 bits per heavy atom. The van der Waals surface area contributed by atoms with Crippen molar-refractivity contribution in [3.05, 3.63) is 122 Å². The molecule has 0 aromatic rings. The molecular formula is C99H176O16P2. The maximum atomic E-state index is 13.0. The van der Waals surface area contributed by atoms with Gasteiger partial charge >= 0.3 is 33.6 Å². The van der Waals surface area contributed by atoms with Crippen molar-refractivity contribution in [2.75, 3.05) is 39.6 Å². The second kappa shape index (κ2) is 91.2. The molecule has 0 aromatic carbocycles. The first-order valence-corrected chi connectivity index (χ1v) is 50.8. The molecule has 5 atom stereocenters. The van der Waals surface area contributed by atoms with Gasteiger partial charge in [0, 0.05) is 19.3 Å². The number of unbranched alkanes of at least 4 members (excludes halogenated alkanes) is 48. The number of carbonyl (C=O) groups excluding carboxylic acids is 3. The van der Waals surface area contributed by atoms with Crippen LogP contribution < -0.4 is 0 Å². The quantitative estimate of drug-likeness (QED) is 0.0146. The molecule has 678 valence electrons. The zero-order valence-electron chi connectivity index (χ0n) is 74.9. The number of aliphatic hydroxyl groups excluding tert-OH is 2. The van der Waals surface area contributed by atoms with Gasteiger partial charge < -0.3 is 34.2 Å². The lowest BCUT2D eigenvalue weighted by molar-refractivity contribution is -0.161. The third-order valence-corrected chi connectivity index (χ3v) is 22.6. The van der Waals surface area contributed by atoms with Gasteiger partial charge in [-0.25, -0.2) is 9.13 Å². The van der Waals surface area contributed by atoms with Gasteiger partial charge in [-0.15, -0.1) is 0 Å². The minimum Gasteiger partial charge on any atom is -0.463 e. The van der Waals surface area contributed by atoms with Gasteiger partial charge in [-0.1, -0.05) is 418 Å². The third kappa shape index (κ3) is 92.5. The van der Waals surface area contributed by atoms with E-state index >= 15 is 0 Å². The molecule has 16 nitrogen and oxygen atoms in total. The second-order valence-corrected chi connectivity index (χ2v) is 35.1. The van der Waals surface area contributed by atoms with Crippen LogP contribution in [0.5, 0.6) is 0 Å². The number of aliphatic hydroxyl groups is 2. The average Bonchev–Trinajstić information content (AvgIpc) is 0.886. The molecule has 0 aliphatic carbocycles. The number of hydrogen-bond acceptors (Lipinski definition) is 14. The Kier molecular flexibility index (Phi) is 88.0. The van der Waals surface area contributed by atoms with Crippen LogP contribution in [0.2, 0.25) is 0 Å². The van der Waals surface area contributed by atoms with Crippen LogP contribution in [-0.2, 0) is 55.8 Å². The Hall–Kier alpha value is -4.05. The summed E-state index contributed by atoms with van der Waals surface area (Å²) in [4.78, 5) is 59.0. The van der Waals surface area contributed by atoms with Crippen molar-refractivity contribution in [1.29, 1.82) is 0 Å². The van der Waals surface area contributed by atoms with E-state index in [1.807, 2.05) is 0 Å². The van der Waals surface area contributed by atoms with Crippen molar-refractivity contribution >= 4 is 33.6 Å². The normalized spacial score (nSPS) is 14.3. The zero-order valence-corrected chi connectivity index (χ0v) is 76.6. The molecule has 0 fully saturated rings. The molecule has 4 N–H and O–H groups in total. The predicted octanol–water partition coefficient (Wildman–Crippen LogP) is 29.6. The van der Waals surface area contributed by atoms with E-state index in [1.165, 1.54) is 250 Å². The van der Waals surface area contributed by atoms with Crippen LogP contribution in [0.15, 0.2) is 122 Å². The lowest BCUT2D eigenvalue weighted by atomic mass is 10.0. The van der Waals surface area contributed by atoms with E-state index in [-0.39, 0.29) is 19.3 Å². The van der Waals surface area contributed by atoms with Gasteiger partial charge in [0.2, 0.25) is 0 Å². The Balaban J connectivity index is 4.41. The highest BCUT2D eigenvalue weighted by atomic mass is 31.2. The largest absolute Gasteiger partial charge is 0.472 e. The van der Waals surface area contributed by atoms with Crippen molar-refractivity contribution in [2.24, 2.45) is 0 Å².